The van der Waals surface area contributed by atoms with Crippen LogP contribution in [0.4, 0.5) is 0 Å². The van der Waals surface area contributed by atoms with Crippen molar-refractivity contribution in [2.45, 2.75) is 25.7 Å². The second-order valence-corrected chi connectivity index (χ2v) is 6.43. The Balaban J connectivity index is 2.04. The van der Waals surface area contributed by atoms with E-state index in [0.717, 1.165) is 23.4 Å². The molecule has 0 fully saturated rings. The van der Waals surface area contributed by atoms with Crippen molar-refractivity contribution in [1.82, 2.24) is 15.0 Å². The number of nitrogens with one attached hydrogen (secondary N) is 2. The summed E-state index contributed by atoms with van der Waals surface area (Å²) in [5, 5.41) is 1.18. The third kappa shape index (κ3) is 1.83. The summed E-state index contributed by atoms with van der Waals surface area (Å²) < 4.78 is 1.99. The average molecular weight is 300 g/mol. The summed E-state index contributed by atoms with van der Waals surface area (Å²) in [6.07, 6.45) is 8.63. The molecule has 3 aromatic rings. The van der Waals surface area contributed by atoms with Crippen LogP contribution in [0.15, 0.2) is 24.5 Å². The molecule has 0 saturated carbocycles. The largest absolute Gasteiger partial charge is 0.340 e. The lowest BCUT2D eigenvalue weighted by molar-refractivity contribution is 0.0949. The molecule has 0 aromatic carbocycles. The number of aromatic amines is 1. The Kier molecular flexibility index (Phi) is 2.87. The van der Waals surface area contributed by atoms with E-state index >= 15 is 0 Å². The Morgan fingerprint density at radius 2 is 2.05 bits per heavy atom. The van der Waals surface area contributed by atoms with Gasteiger partial charge in [0.15, 0.2) is 0 Å². The maximum absolute atomic E-state index is 12.1. The quantitative estimate of drug-likeness (QED) is 0.386. The summed E-state index contributed by atoms with van der Waals surface area (Å²) >= 11 is 1.77. The monoisotopic (exact) mass is 300 g/mol. The number of aromatic nitrogens is 2. The van der Waals surface area contributed by atoms with Gasteiger partial charge in [0.1, 0.15) is 10.5 Å². The van der Waals surface area contributed by atoms with Crippen molar-refractivity contribution in [3.63, 3.8) is 0 Å². The molecular weight excluding hydrogens is 284 g/mol. The molecule has 108 valence electrons. The zero-order valence-corrected chi connectivity index (χ0v) is 12.3. The van der Waals surface area contributed by atoms with Crippen molar-refractivity contribution in [2.75, 3.05) is 0 Å². The van der Waals surface area contributed by atoms with Crippen LogP contribution in [0.1, 0.15) is 33.8 Å². The van der Waals surface area contributed by atoms with Crippen molar-refractivity contribution in [1.29, 1.82) is 0 Å². The maximum atomic E-state index is 12.1. The molecule has 21 heavy (non-hydrogen) atoms. The predicted molar refractivity (Wildman–Crippen MR) is 83.8 cm³/mol. The van der Waals surface area contributed by atoms with E-state index in [2.05, 4.69) is 10.4 Å². The smallest absolute Gasteiger partial charge is 0.283 e. The van der Waals surface area contributed by atoms with Crippen LogP contribution in [0.2, 0.25) is 0 Å². The number of H-pyrrole nitrogens is 1. The van der Waals surface area contributed by atoms with Gasteiger partial charge in [0.2, 0.25) is 0 Å². The molecule has 0 atom stereocenters. The molecule has 0 bridgehead atoms. The molecule has 3 heterocycles. The molecule has 0 aliphatic heterocycles. The number of thiophene rings is 1. The highest BCUT2D eigenvalue weighted by Gasteiger charge is 2.25. The van der Waals surface area contributed by atoms with Gasteiger partial charge in [-0.15, -0.1) is 11.3 Å². The number of nitrogens with two attached hydrogens (primary N) is 1. The van der Waals surface area contributed by atoms with Crippen molar-refractivity contribution < 1.29 is 4.79 Å². The predicted octanol–water partition coefficient (Wildman–Crippen LogP) is 2.50. The van der Waals surface area contributed by atoms with Gasteiger partial charge < -0.3 is 9.55 Å². The first-order valence-electron chi connectivity index (χ1n) is 7.10. The van der Waals surface area contributed by atoms with Crippen molar-refractivity contribution in [3.05, 3.63) is 40.7 Å². The third-order valence-electron chi connectivity index (χ3n) is 4.10. The molecule has 0 spiro atoms. The number of hydrazine groups is 1. The number of rotatable bonds is 2. The molecule has 0 radical (unpaired) electrons. The molecule has 3 aromatic heterocycles. The Labute approximate surface area is 125 Å². The van der Waals surface area contributed by atoms with Gasteiger partial charge in [-0.25, -0.2) is 5.84 Å². The minimum Gasteiger partial charge on any atom is -0.340 e. The van der Waals surface area contributed by atoms with E-state index in [0.29, 0.717) is 5.69 Å². The van der Waals surface area contributed by atoms with Gasteiger partial charge in [-0.3, -0.25) is 10.2 Å². The van der Waals surface area contributed by atoms with E-state index in [1.807, 2.05) is 29.1 Å². The molecule has 4 N–H and O–H groups in total. The van der Waals surface area contributed by atoms with E-state index in [1.54, 1.807) is 11.3 Å². The molecule has 1 amide bonds. The number of aryl methyl sites for hydroxylation is 2. The zero-order chi connectivity index (χ0) is 14.4. The number of amides is 1. The zero-order valence-electron chi connectivity index (χ0n) is 11.5. The second-order valence-electron chi connectivity index (χ2n) is 5.33. The average Bonchev–Trinajstić information content (AvgIpc) is 3.20. The summed E-state index contributed by atoms with van der Waals surface area (Å²) in [7, 11) is 0. The van der Waals surface area contributed by atoms with E-state index in [4.69, 9.17) is 5.84 Å². The number of nitrogen functional groups attached to an aromatic ring is 1. The Hall–Kier alpha value is -2.05. The van der Waals surface area contributed by atoms with E-state index in [9.17, 15) is 4.79 Å². The van der Waals surface area contributed by atoms with Gasteiger partial charge in [-0.05, 0) is 43.4 Å². The van der Waals surface area contributed by atoms with Gasteiger partial charge in [-0.2, -0.15) is 0 Å². The van der Waals surface area contributed by atoms with Gasteiger partial charge in [0.25, 0.3) is 5.91 Å². The molecule has 4 rings (SSSR count). The lowest BCUT2D eigenvalue weighted by Crippen LogP contribution is -2.31. The lowest BCUT2D eigenvalue weighted by atomic mass is 9.96. The van der Waals surface area contributed by atoms with E-state index in [1.165, 1.54) is 28.7 Å². The highest BCUT2D eigenvalue weighted by Crippen LogP contribution is 2.40. The van der Waals surface area contributed by atoms with E-state index in [-0.39, 0.29) is 5.91 Å². The molecule has 0 saturated heterocycles. The first-order chi connectivity index (χ1) is 10.3. The summed E-state index contributed by atoms with van der Waals surface area (Å²) in [6, 6.07) is 3.92. The van der Waals surface area contributed by atoms with Crippen LogP contribution in [0, 0.1) is 0 Å². The van der Waals surface area contributed by atoms with Crippen molar-refractivity contribution >= 4 is 27.5 Å². The fourth-order valence-corrected chi connectivity index (χ4v) is 4.48. The lowest BCUT2D eigenvalue weighted by Gasteiger charge is -2.12. The number of hydrogen-bond acceptors (Lipinski definition) is 3. The molecule has 6 heteroatoms. The minimum atomic E-state index is -0.286. The second kappa shape index (κ2) is 4.75. The normalized spacial score (nSPS) is 14.3. The molecule has 5 nitrogen and oxygen atoms in total. The maximum Gasteiger partial charge on any atom is 0.283 e. The topological polar surface area (TPSA) is 75.8 Å². The Morgan fingerprint density at radius 1 is 1.29 bits per heavy atom. The number of carbonyl (C=O) groups is 1. The van der Waals surface area contributed by atoms with Gasteiger partial charge >= 0.3 is 0 Å². The number of fused-ring (bicyclic) bond motifs is 3. The highest BCUT2D eigenvalue weighted by molar-refractivity contribution is 7.19. The summed E-state index contributed by atoms with van der Waals surface area (Å²) in [6.45, 7) is 0. The molecule has 0 unspecified atom stereocenters. The van der Waals surface area contributed by atoms with E-state index < -0.39 is 0 Å². The van der Waals surface area contributed by atoms with Gasteiger partial charge in [0, 0.05) is 22.7 Å². The number of hydrogen-bond donors (Lipinski definition) is 3. The first kappa shape index (κ1) is 12.7. The SMILES string of the molecule is NNC(=O)c1[nH]c2sc3c(c2c1-n1cccc1)CCCC3. The van der Waals surface area contributed by atoms with Crippen molar-refractivity contribution in [2.24, 2.45) is 5.84 Å². The summed E-state index contributed by atoms with van der Waals surface area (Å²) in [4.78, 5) is 17.9. The molecule has 1 aliphatic rings. The summed E-state index contributed by atoms with van der Waals surface area (Å²) in [5.41, 5.74) is 5.08. The first-order valence-corrected chi connectivity index (χ1v) is 7.91. The fourth-order valence-electron chi connectivity index (χ4n) is 3.18. The van der Waals surface area contributed by atoms with Gasteiger partial charge in [-0.1, -0.05) is 0 Å². The van der Waals surface area contributed by atoms with Crippen LogP contribution in [0.25, 0.3) is 15.9 Å². The van der Waals surface area contributed by atoms with Crippen molar-refractivity contribution in [3.8, 4) is 5.69 Å². The van der Waals surface area contributed by atoms with Crippen LogP contribution in [-0.2, 0) is 12.8 Å². The fraction of sp³-hybridized carbons (Fsp3) is 0.267. The standard InChI is InChI=1S/C15H16N4OS/c16-18-14(20)12-13(19-7-3-4-8-19)11-9-5-1-2-6-10(9)21-15(11)17-12/h3-4,7-8,17H,1-2,5-6,16H2,(H,18,20). The third-order valence-corrected chi connectivity index (χ3v) is 5.31. The van der Waals surface area contributed by atoms with Crippen LogP contribution < -0.4 is 11.3 Å². The minimum absolute atomic E-state index is 0.286. The Bertz CT molecular complexity index is 813. The van der Waals surface area contributed by atoms with Crippen LogP contribution in [-0.4, -0.2) is 15.5 Å². The molecule has 1 aliphatic carbocycles. The number of carbonyl (C=O) groups excluding carboxylic acids is 1. The van der Waals surface area contributed by atoms with Crippen LogP contribution in [0.3, 0.4) is 0 Å². The van der Waals surface area contributed by atoms with Crippen LogP contribution in [0.5, 0.6) is 0 Å². The van der Waals surface area contributed by atoms with Crippen LogP contribution >= 0.6 is 11.3 Å². The number of nitrogens with zero attached hydrogens (tertiary/aromatic N) is 1. The summed E-state index contributed by atoms with van der Waals surface area (Å²) in [5.74, 6) is 5.04. The molecular formula is C15H16N4OS. The Morgan fingerprint density at radius 3 is 2.81 bits per heavy atom. The van der Waals surface area contributed by atoms with Gasteiger partial charge in [0.05, 0.1) is 5.69 Å². The highest BCUT2D eigenvalue weighted by atomic mass is 32.1.